The monoisotopic (exact) mass is 479 g/mol. The van der Waals surface area contributed by atoms with Gasteiger partial charge in [-0.1, -0.05) is 60.7 Å². The summed E-state index contributed by atoms with van der Waals surface area (Å²) in [5.41, 5.74) is 7.06. The third kappa shape index (κ3) is 5.07. The number of aromatic nitrogens is 1. The van der Waals surface area contributed by atoms with Crippen LogP contribution in [0.4, 0.5) is 4.39 Å². The number of H-pyrrole nitrogens is 1. The number of rotatable bonds is 8. The molecule has 0 fully saturated rings. The van der Waals surface area contributed by atoms with Crippen molar-refractivity contribution in [2.75, 3.05) is 0 Å². The zero-order valence-corrected chi connectivity index (χ0v) is 19.9. The maximum atomic E-state index is 13.9. The Morgan fingerprint density at radius 2 is 1.69 bits per heavy atom. The summed E-state index contributed by atoms with van der Waals surface area (Å²) in [4.78, 5) is 14.5. The molecule has 5 aromatic rings. The largest absolute Gasteiger partial charge is 0.481 e. The SMILES string of the molecule is Cc1cc(-c2cccc(C(OCc3ccccc3)c3ccc4[nH]cc(CC(=O)O)c4c3)c2)ccc1F. The molecule has 0 aliphatic carbocycles. The van der Waals surface area contributed by atoms with E-state index in [1.54, 1.807) is 19.2 Å². The summed E-state index contributed by atoms with van der Waals surface area (Å²) in [6.07, 6.45) is 1.31. The Morgan fingerprint density at radius 3 is 2.47 bits per heavy atom. The van der Waals surface area contributed by atoms with Gasteiger partial charge in [0.05, 0.1) is 13.0 Å². The van der Waals surface area contributed by atoms with E-state index >= 15 is 0 Å². The molecule has 4 aromatic carbocycles. The van der Waals surface area contributed by atoms with Crippen LogP contribution in [-0.4, -0.2) is 16.1 Å². The lowest BCUT2D eigenvalue weighted by Crippen LogP contribution is -2.07. The van der Waals surface area contributed by atoms with E-state index in [4.69, 9.17) is 4.74 Å². The molecule has 1 heterocycles. The number of aryl methyl sites for hydroxylation is 1. The molecule has 0 radical (unpaired) electrons. The van der Waals surface area contributed by atoms with Gasteiger partial charge in [-0.15, -0.1) is 0 Å². The predicted octanol–water partition coefficient (Wildman–Crippen LogP) is 7.22. The Bertz CT molecular complexity index is 1520. The molecule has 0 saturated heterocycles. The lowest BCUT2D eigenvalue weighted by molar-refractivity contribution is -0.136. The molecular weight excluding hydrogens is 453 g/mol. The molecular formula is C31H26FNO3. The number of aliphatic carboxylic acids is 1. The minimum absolute atomic E-state index is 0.0571. The van der Waals surface area contributed by atoms with Crippen LogP contribution in [0.2, 0.25) is 0 Å². The topological polar surface area (TPSA) is 62.3 Å². The number of fused-ring (bicyclic) bond motifs is 1. The minimum Gasteiger partial charge on any atom is -0.481 e. The summed E-state index contributed by atoms with van der Waals surface area (Å²) in [5.74, 6) is -1.10. The van der Waals surface area contributed by atoms with Crippen LogP contribution in [-0.2, 0) is 22.6 Å². The molecule has 36 heavy (non-hydrogen) atoms. The summed E-state index contributed by atoms with van der Waals surface area (Å²) in [6, 6.07) is 29.2. The van der Waals surface area contributed by atoms with Gasteiger partial charge in [-0.25, -0.2) is 4.39 Å². The second-order valence-electron chi connectivity index (χ2n) is 8.96. The highest BCUT2D eigenvalue weighted by Crippen LogP contribution is 2.33. The van der Waals surface area contributed by atoms with Crippen molar-refractivity contribution < 1.29 is 19.0 Å². The van der Waals surface area contributed by atoms with Crippen LogP contribution in [0.1, 0.15) is 33.9 Å². The minimum atomic E-state index is -0.875. The van der Waals surface area contributed by atoms with Crippen LogP contribution in [0.15, 0.2) is 97.2 Å². The van der Waals surface area contributed by atoms with Crippen molar-refractivity contribution in [3.05, 3.63) is 131 Å². The van der Waals surface area contributed by atoms with E-state index in [1.807, 2.05) is 72.8 Å². The highest BCUT2D eigenvalue weighted by Gasteiger charge is 2.18. The molecule has 1 aromatic heterocycles. The molecule has 0 aliphatic heterocycles. The number of aromatic amines is 1. The van der Waals surface area contributed by atoms with Gasteiger partial charge >= 0.3 is 5.97 Å². The fourth-order valence-electron chi connectivity index (χ4n) is 4.51. The summed E-state index contributed by atoms with van der Waals surface area (Å²) < 4.78 is 20.4. The van der Waals surface area contributed by atoms with Gasteiger partial charge in [0.1, 0.15) is 11.9 Å². The summed E-state index contributed by atoms with van der Waals surface area (Å²) >= 11 is 0. The Labute approximate surface area is 209 Å². The van der Waals surface area contributed by atoms with E-state index in [0.717, 1.165) is 44.3 Å². The van der Waals surface area contributed by atoms with E-state index in [1.165, 1.54) is 6.07 Å². The van der Waals surface area contributed by atoms with Crippen LogP contribution in [0, 0.1) is 12.7 Å². The third-order valence-corrected chi connectivity index (χ3v) is 6.38. The smallest absolute Gasteiger partial charge is 0.307 e. The number of halogens is 1. The van der Waals surface area contributed by atoms with Crippen LogP contribution < -0.4 is 0 Å². The highest BCUT2D eigenvalue weighted by atomic mass is 19.1. The van der Waals surface area contributed by atoms with E-state index in [9.17, 15) is 14.3 Å². The summed E-state index contributed by atoms with van der Waals surface area (Å²) in [5, 5.41) is 10.2. The number of carboxylic acids is 1. The number of carbonyl (C=O) groups is 1. The van der Waals surface area contributed by atoms with Crippen LogP contribution in [0.25, 0.3) is 22.0 Å². The van der Waals surface area contributed by atoms with Crippen LogP contribution in [0.5, 0.6) is 0 Å². The molecule has 0 amide bonds. The molecule has 1 atom stereocenters. The van der Waals surface area contributed by atoms with Gasteiger partial charge in [0.15, 0.2) is 0 Å². The summed E-state index contributed by atoms with van der Waals surface area (Å²) in [6.45, 7) is 2.17. The number of hydrogen-bond acceptors (Lipinski definition) is 2. The average Bonchev–Trinajstić information content (AvgIpc) is 3.28. The average molecular weight is 480 g/mol. The fourth-order valence-corrected chi connectivity index (χ4v) is 4.51. The molecule has 2 N–H and O–H groups in total. The van der Waals surface area contributed by atoms with E-state index in [0.29, 0.717) is 12.2 Å². The van der Waals surface area contributed by atoms with E-state index in [2.05, 4.69) is 11.1 Å². The lowest BCUT2D eigenvalue weighted by atomic mass is 9.95. The van der Waals surface area contributed by atoms with Crippen molar-refractivity contribution in [3.8, 4) is 11.1 Å². The Kier molecular flexibility index (Phi) is 6.65. The third-order valence-electron chi connectivity index (χ3n) is 6.38. The van der Waals surface area contributed by atoms with Crippen molar-refractivity contribution in [2.45, 2.75) is 26.1 Å². The Balaban J connectivity index is 1.56. The zero-order chi connectivity index (χ0) is 25.1. The first kappa shape index (κ1) is 23.5. The highest BCUT2D eigenvalue weighted by molar-refractivity contribution is 5.87. The molecule has 0 aliphatic rings. The van der Waals surface area contributed by atoms with Crippen molar-refractivity contribution >= 4 is 16.9 Å². The standard InChI is InChI=1S/C31H26FNO3/c1-20-14-23(10-12-28(20)32)22-8-5-9-24(15-22)31(36-19-21-6-3-2-4-7-21)25-11-13-29-27(16-25)26(18-33-29)17-30(34)35/h2-16,18,31,33H,17,19H2,1H3,(H,34,35). The number of carboxylic acid groups (broad SMARTS) is 1. The number of hydrogen-bond donors (Lipinski definition) is 2. The molecule has 5 rings (SSSR count). The molecule has 4 nitrogen and oxygen atoms in total. The van der Waals surface area contributed by atoms with Gasteiger partial charge in [-0.05, 0) is 76.2 Å². The Morgan fingerprint density at radius 1 is 0.917 bits per heavy atom. The van der Waals surface area contributed by atoms with Crippen molar-refractivity contribution in [3.63, 3.8) is 0 Å². The van der Waals surface area contributed by atoms with Crippen molar-refractivity contribution in [2.24, 2.45) is 0 Å². The zero-order valence-electron chi connectivity index (χ0n) is 19.9. The Hall–Kier alpha value is -4.22. The molecule has 180 valence electrons. The van der Waals surface area contributed by atoms with E-state index < -0.39 is 5.97 Å². The van der Waals surface area contributed by atoms with Crippen molar-refractivity contribution in [1.82, 2.24) is 4.98 Å². The second-order valence-corrected chi connectivity index (χ2v) is 8.96. The first-order valence-corrected chi connectivity index (χ1v) is 11.8. The van der Waals surface area contributed by atoms with Crippen LogP contribution in [0.3, 0.4) is 0 Å². The molecule has 1 unspecified atom stereocenters. The maximum absolute atomic E-state index is 13.9. The quantitative estimate of drug-likeness (QED) is 0.247. The first-order valence-electron chi connectivity index (χ1n) is 11.8. The number of ether oxygens (including phenoxy) is 1. The van der Waals surface area contributed by atoms with Gasteiger partial charge in [-0.2, -0.15) is 0 Å². The number of benzene rings is 4. The van der Waals surface area contributed by atoms with Crippen molar-refractivity contribution in [1.29, 1.82) is 0 Å². The number of nitrogens with one attached hydrogen (secondary N) is 1. The lowest BCUT2D eigenvalue weighted by Gasteiger charge is -2.20. The predicted molar refractivity (Wildman–Crippen MR) is 139 cm³/mol. The second kappa shape index (κ2) is 10.2. The molecule has 0 saturated carbocycles. The van der Waals surface area contributed by atoms with Crippen LogP contribution >= 0.6 is 0 Å². The van der Waals surface area contributed by atoms with E-state index in [-0.39, 0.29) is 18.3 Å². The fraction of sp³-hybridized carbons (Fsp3) is 0.129. The first-order chi connectivity index (χ1) is 17.5. The maximum Gasteiger partial charge on any atom is 0.307 e. The molecule has 0 spiro atoms. The molecule has 5 heteroatoms. The normalized spacial score (nSPS) is 12.1. The van der Waals surface area contributed by atoms with Gasteiger partial charge in [0, 0.05) is 17.1 Å². The van der Waals surface area contributed by atoms with Gasteiger partial charge in [-0.3, -0.25) is 4.79 Å². The van der Waals surface area contributed by atoms with Gasteiger partial charge in [0.2, 0.25) is 0 Å². The molecule has 0 bridgehead atoms. The summed E-state index contributed by atoms with van der Waals surface area (Å²) in [7, 11) is 0. The van der Waals surface area contributed by atoms with Gasteiger partial charge in [0.25, 0.3) is 0 Å². The van der Waals surface area contributed by atoms with Gasteiger partial charge < -0.3 is 14.8 Å².